The Hall–Kier alpha value is -0.120. The molecule has 1 rings (SSSR count). The quantitative estimate of drug-likeness (QED) is 0.632. The number of hydrogen-bond donors (Lipinski definition) is 1. The first kappa shape index (κ1) is 13.9. The summed E-state index contributed by atoms with van der Waals surface area (Å²) in [5, 5.41) is 3.38. The van der Waals surface area contributed by atoms with Crippen LogP contribution in [0.25, 0.3) is 0 Å². The van der Waals surface area contributed by atoms with Crippen molar-refractivity contribution in [3.05, 3.63) is 0 Å². The topological polar surface area (TPSA) is 18.5 Å². The van der Waals surface area contributed by atoms with Gasteiger partial charge in [-0.3, -0.25) is 4.90 Å². The lowest BCUT2D eigenvalue weighted by atomic mass is 10.2. The van der Waals surface area contributed by atoms with Gasteiger partial charge in [-0.1, -0.05) is 13.8 Å². The normalized spacial score (nSPS) is 22.1. The van der Waals surface area contributed by atoms with Crippen LogP contribution >= 0.6 is 0 Å². The van der Waals surface area contributed by atoms with Crippen molar-refractivity contribution in [2.45, 2.75) is 39.2 Å². The van der Waals surface area contributed by atoms with E-state index in [-0.39, 0.29) is 0 Å². The summed E-state index contributed by atoms with van der Waals surface area (Å²) in [6, 6.07) is 0.814. The Morgan fingerprint density at radius 2 is 2.19 bits per heavy atom. The second-order valence-electron chi connectivity index (χ2n) is 4.89. The summed E-state index contributed by atoms with van der Waals surface area (Å²) in [5.74, 6) is 0. The molecule has 1 aliphatic rings. The van der Waals surface area contributed by atoms with E-state index >= 15 is 0 Å². The Labute approximate surface area is 101 Å². The summed E-state index contributed by atoms with van der Waals surface area (Å²) in [4.78, 5) is 5.12. The first-order chi connectivity index (χ1) is 7.77. The van der Waals surface area contributed by atoms with Crippen LogP contribution < -0.4 is 5.32 Å². The van der Waals surface area contributed by atoms with E-state index in [2.05, 4.69) is 36.0 Å². The van der Waals surface area contributed by atoms with Gasteiger partial charge >= 0.3 is 0 Å². The molecule has 16 heavy (non-hydrogen) atoms. The number of likely N-dealkylation sites (N-methyl/N-ethyl adjacent to an activating group) is 2. The van der Waals surface area contributed by atoms with Crippen LogP contribution in [0.2, 0.25) is 0 Å². The Balaban J connectivity index is 2.10. The van der Waals surface area contributed by atoms with Crippen LogP contribution in [0.5, 0.6) is 0 Å². The van der Waals surface area contributed by atoms with Gasteiger partial charge in [0, 0.05) is 12.6 Å². The minimum atomic E-state index is 0.814. The van der Waals surface area contributed by atoms with Crippen molar-refractivity contribution in [1.29, 1.82) is 0 Å². The predicted octanol–water partition coefficient (Wildman–Crippen LogP) is 1.40. The minimum Gasteiger partial charge on any atom is -0.317 e. The van der Waals surface area contributed by atoms with E-state index in [1.54, 1.807) is 0 Å². The van der Waals surface area contributed by atoms with Crippen molar-refractivity contribution in [2.75, 3.05) is 46.3 Å². The molecule has 1 unspecified atom stereocenters. The molecule has 1 atom stereocenters. The number of nitrogens with zero attached hydrogens (tertiary/aromatic N) is 2. The molecule has 0 aromatic rings. The van der Waals surface area contributed by atoms with E-state index < -0.39 is 0 Å². The molecule has 0 saturated carbocycles. The maximum Gasteiger partial charge on any atom is 0.0223 e. The monoisotopic (exact) mass is 227 g/mol. The van der Waals surface area contributed by atoms with Crippen LogP contribution in [0, 0.1) is 0 Å². The average molecular weight is 227 g/mol. The molecule has 0 bridgehead atoms. The van der Waals surface area contributed by atoms with E-state index in [9.17, 15) is 0 Å². The van der Waals surface area contributed by atoms with E-state index in [4.69, 9.17) is 0 Å². The highest BCUT2D eigenvalue weighted by atomic mass is 15.2. The van der Waals surface area contributed by atoms with Gasteiger partial charge in [-0.15, -0.1) is 0 Å². The third kappa shape index (κ3) is 4.81. The molecule has 1 saturated heterocycles. The highest BCUT2D eigenvalue weighted by molar-refractivity contribution is 4.80. The van der Waals surface area contributed by atoms with Crippen LogP contribution in [-0.4, -0.2) is 62.2 Å². The van der Waals surface area contributed by atoms with Crippen LogP contribution in [0.1, 0.15) is 33.1 Å². The summed E-state index contributed by atoms with van der Waals surface area (Å²) < 4.78 is 0. The second kappa shape index (κ2) is 8.04. The molecule has 0 aliphatic carbocycles. The fourth-order valence-electron chi connectivity index (χ4n) is 2.62. The lowest BCUT2D eigenvalue weighted by molar-refractivity contribution is 0.197. The van der Waals surface area contributed by atoms with Gasteiger partial charge in [-0.2, -0.15) is 0 Å². The van der Waals surface area contributed by atoms with Crippen LogP contribution in [0.15, 0.2) is 0 Å². The van der Waals surface area contributed by atoms with Gasteiger partial charge in [0.05, 0.1) is 0 Å². The first-order valence-electron chi connectivity index (χ1n) is 6.91. The highest BCUT2D eigenvalue weighted by Crippen LogP contribution is 2.17. The third-order valence-electron chi connectivity index (χ3n) is 3.57. The summed E-state index contributed by atoms with van der Waals surface area (Å²) in [7, 11) is 2.26. The van der Waals surface area contributed by atoms with Crippen molar-refractivity contribution in [3.63, 3.8) is 0 Å². The summed E-state index contributed by atoms with van der Waals surface area (Å²) >= 11 is 0. The fourth-order valence-corrected chi connectivity index (χ4v) is 2.62. The largest absolute Gasteiger partial charge is 0.317 e. The fraction of sp³-hybridized carbons (Fsp3) is 1.00. The minimum absolute atomic E-state index is 0.814. The summed E-state index contributed by atoms with van der Waals surface area (Å²) in [5.41, 5.74) is 0. The maximum absolute atomic E-state index is 3.38. The van der Waals surface area contributed by atoms with Crippen molar-refractivity contribution < 1.29 is 0 Å². The molecule has 0 aromatic carbocycles. The van der Waals surface area contributed by atoms with Crippen molar-refractivity contribution in [1.82, 2.24) is 15.1 Å². The SMILES string of the molecule is CCNCCCN(C)CC1CCCN1CC. The van der Waals surface area contributed by atoms with Gasteiger partial charge in [0.15, 0.2) is 0 Å². The van der Waals surface area contributed by atoms with Crippen LogP contribution in [-0.2, 0) is 0 Å². The number of likely N-dealkylation sites (tertiary alicyclic amines) is 1. The highest BCUT2D eigenvalue weighted by Gasteiger charge is 2.23. The molecule has 3 heteroatoms. The molecule has 0 aromatic heterocycles. The summed E-state index contributed by atoms with van der Waals surface area (Å²) in [6.45, 7) is 11.7. The van der Waals surface area contributed by atoms with Crippen LogP contribution in [0.3, 0.4) is 0 Å². The van der Waals surface area contributed by atoms with E-state index in [0.717, 1.165) is 19.1 Å². The second-order valence-corrected chi connectivity index (χ2v) is 4.89. The molecular formula is C13H29N3. The molecule has 0 spiro atoms. The van der Waals surface area contributed by atoms with Gasteiger partial charge in [0.1, 0.15) is 0 Å². The van der Waals surface area contributed by atoms with Gasteiger partial charge in [-0.05, 0) is 59.0 Å². The lowest BCUT2D eigenvalue weighted by Crippen LogP contribution is -2.39. The average Bonchev–Trinajstić information content (AvgIpc) is 2.71. The van der Waals surface area contributed by atoms with Crippen LogP contribution in [0.4, 0.5) is 0 Å². The van der Waals surface area contributed by atoms with Gasteiger partial charge < -0.3 is 10.2 Å². The molecule has 96 valence electrons. The van der Waals surface area contributed by atoms with Gasteiger partial charge in [-0.25, -0.2) is 0 Å². The zero-order valence-corrected chi connectivity index (χ0v) is 11.3. The van der Waals surface area contributed by atoms with Gasteiger partial charge in [0.2, 0.25) is 0 Å². The van der Waals surface area contributed by atoms with Gasteiger partial charge in [0.25, 0.3) is 0 Å². The first-order valence-corrected chi connectivity index (χ1v) is 6.91. The van der Waals surface area contributed by atoms with E-state index in [0.29, 0.717) is 0 Å². The van der Waals surface area contributed by atoms with E-state index in [1.165, 1.54) is 45.4 Å². The lowest BCUT2D eigenvalue weighted by Gasteiger charge is -2.27. The maximum atomic E-state index is 3.38. The Morgan fingerprint density at radius 1 is 1.38 bits per heavy atom. The number of rotatable bonds is 8. The molecule has 1 fully saturated rings. The molecule has 1 heterocycles. The Bertz CT molecular complexity index is 173. The molecule has 1 N–H and O–H groups in total. The molecule has 0 radical (unpaired) electrons. The van der Waals surface area contributed by atoms with Crippen molar-refractivity contribution >= 4 is 0 Å². The number of hydrogen-bond acceptors (Lipinski definition) is 3. The molecule has 0 amide bonds. The molecule has 3 nitrogen and oxygen atoms in total. The Morgan fingerprint density at radius 3 is 2.88 bits per heavy atom. The summed E-state index contributed by atoms with van der Waals surface area (Å²) in [6.07, 6.45) is 4.05. The van der Waals surface area contributed by atoms with E-state index in [1.807, 2.05) is 0 Å². The smallest absolute Gasteiger partial charge is 0.0223 e. The number of nitrogens with one attached hydrogen (secondary N) is 1. The third-order valence-corrected chi connectivity index (χ3v) is 3.57. The van der Waals surface area contributed by atoms with Crippen molar-refractivity contribution in [2.24, 2.45) is 0 Å². The zero-order valence-electron chi connectivity index (χ0n) is 11.3. The van der Waals surface area contributed by atoms with Crippen molar-refractivity contribution in [3.8, 4) is 0 Å². The molecular weight excluding hydrogens is 198 g/mol. The standard InChI is InChI=1S/C13H29N3/c1-4-14-9-7-10-15(3)12-13-8-6-11-16(13)5-2/h13-14H,4-12H2,1-3H3. The predicted molar refractivity (Wildman–Crippen MR) is 70.9 cm³/mol. The Kier molecular flexibility index (Phi) is 7.01. The zero-order chi connectivity index (χ0) is 11.8. The molecule has 1 aliphatic heterocycles.